The number of aliphatic hydroxyl groups excluding tert-OH is 1. The summed E-state index contributed by atoms with van der Waals surface area (Å²) in [5.41, 5.74) is 0.842. The summed E-state index contributed by atoms with van der Waals surface area (Å²) in [6, 6.07) is 2.06. The van der Waals surface area contributed by atoms with E-state index in [9.17, 15) is 0 Å². The summed E-state index contributed by atoms with van der Waals surface area (Å²) in [5, 5.41) is 9.31. The second-order valence-electron chi connectivity index (χ2n) is 4.07. The molecule has 1 N–H and O–H groups in total. The van der Waals surface area contributed by atoms with Gasteiger partial charge in [0.2, 0.25) is 5.28 Å². The van der Waals surface area contributed by atoms with Gasteiger partial charge < -0.3 is 14.7 Å². The van der Waals surface area contributed by atoms with Gasteiger partial charge in [0, 0.05) is 24.9 Å². The molecule has 0 bridgehead atoms. The highest BCUT2D eigenvalue weighted by Gasteiger charge is 2.24. The molecule has 6 heteroatoms. The highest BCUT2D eigenvalue weighted by atomic mass is 35.5. The van der Waals surface area contributed by atoms with Crippen molar-refractivity contribution >= 4 is 17.4 Å². The van der Waals surface area contributed by atoms with Crippen LogP contribution < -0.4 is 4.90 Å². The van der Waals surface area contributed by atoms with Crippen LogP contribution in [0.1, 0.15) is 12.1 Å². The van der Waals surface area contributed by atoms with Crippen LogP contribution in [0.4, 0.5) is 5.82 Å². The lowest BCUT2D eigenvalue weighted by Crippen LogP contribution is -2.46. The summed E-state index contributed by atoms with van der Waals surface area (Å²) >= 11 is 5.86. The predicted octanol–water partition coefficient (Wildman–Crippen LogP) is 1.03. The molecule has 17 heavy (non-hydrogen) atoms. The van der Waals surface area contributed by atoms with E-state index >= 15 is 0 Å². The third-order valence-corrected chi connectivity index (χ3v) is 2.97. The van der Waals surface area contributed by atoms with Gasteiger partial charge in [-0.2, -0.15) is 0 Å². The lowest BCUT2D eigenvalue weighted by Gasteiger charge is -2.36. The van der Waals surface area contributed by atoms with Gasteiger partial charge in [0.25, 0.3) is 0 Å². The van der Waals surface area contributed by atoms with Gasteiger partial charge in [-0.15, -0.1) is 0 Å². The van der Waals surface area contributed by atoms with Gasteiger partial charge in [-0.25, -0.2) is 9.97 Å². The molecule has 0 spiro atoms. The number of aromatic nitrogens is 2. The molecule has 1 aliphatic rings. The number of hydrogen-bond acceptors (Lipinski definition) is 5. The molecule has 1 unspecified atom stereocenters. The summed E-state index contributed by atoms with van der Waals surface area (Å²) in [4.78, 5) is 10.4. The average molecular weight is 258 g/mol. The van der Waals surface area contributed by atoms with Crippen LogP contribution in [0.2, 0.25) is 5.28 Å². The van der Waals surface area contributed by atoms with Gasteiger partial charge in [-0.1, -0.05) is 0 Å². The highest BCUT2D eigenvalue weighted by Crippen LogP contribution is 2.21. The summed E-state index contributed by atoms with van der Waals surface area (Å²) in [6.45, 7) is 4.07. The lowest BCUT2D eigenvalue weighted by atomic mass is 10.1. The fourth-order valence-corrected chi connectivity index (χ4v) is 2.23. The van der Waals surface area contributed by atoms with Crippen molar-refractivity contribution in [3.8, 4) is 0 Å². The molecule has 5 nitrogen and oxygen atoms in total. The number of halogens is 1. The zero-order valence-corrected chi connectivity index (χ0v) is 10.5. The number of anilines is 1. The Balaban J connectivity index is 2.22. The molecule has 1 aromatic heterocycles. The maximum Gasteiger partial charge on any atom is 0.224 e. The Labute approximate surface area is 105 Å². The first kappa shape index (κ1) is 12.5. The summed E-state index contributed by atoms with van der Waals surface area (Å²) in [5.74, 6) is 0.809. The van der Waals surface area contributed by atoms with E-state index in [1.54, 1.807) is 0 Å². The number of hydrogen-bond donors (Lipinski definition) is 1. The minimum atomic E-state index is 0.141. The van der Waals surface area contributed by atoms with Crippen molar-refractivity contribution in [3.05, 3.63) is 17.0 Å². The molecule has 2 heterocycles. The maximum atomic E-state index is 9.05. The second kappa shape index (κ2) is 5.62. The Bertz CT molecular complexity index is 367. The molecular formula is C11H16ClN3O2. The van der Waals surface area contributed by atoms with Crippen molar-refractivity contribution < 1.29 is 9.84 Å². The smallest absolute Gasteiger partial charge is 0.224 e. The Kier molecular flexibility index (Phi) is 4.15. The van der Waals surface area contributed by atoms with Crippen LogP contribution in [0.25, 0.3) is 0 Å². The molecule has 1 aliphatic heterocycles. The number of aryl methyl sites for hydroxylation is 1. The van der Waals surface area contributed by atoms with E-state index in [1.807, 2.05) is 13.0 Å². The van der Waals surface area contributed by atoms with E-state index in [1.165, 1.54) is 0 Å². The lowest BCUT2D eigenvalue weighted by molar-refractivity contribution is 0.0845. The molecule has 2 rings (SSSR count). The van der Waals surface area contributed by atoms with E-state index in [4.69, 9.17) is 21.4 Å². The largest absolute Gasteiger partial charge is 0.396 e. The van der Waals surface area contributed by atoms with E-state index in [-0.39, 0.29) is 17.9 Å². The Morgan fingerprint density at radius 2 is 2.41 bits per heavy atom. The molecule has 0 amide bonds. The van der Waals surface area contributed by atoms with E-state index in [0.29, 0.717) is 19.6 Å². The highest BCUT2D eigenvalue weighted by molar-refractivity contribution is 6.28. The molecule has 1 atom stereocenters. The van der Waals surface area contributed by atoms with Crippen LogP contribution in [0.5, 0.6) is 0 Å². The van der Waals surface area contributed by atoms with Crippen LogP contribution >= 0.6 is 11.6 Å². The number of rotatable bonds is 3. The van der Waals surface area contributed by atoms with Crippen molar-refractivity contribution in [1.29, 1.82) is 0 Å². The molecule has 1 fully saturated rings. The minimum Gasteiger partial charge on any atom is -0.396 e. The normalized spacial score (nSPS) is 20.6. The fourth-order valence-electron chi connectivity index (χ4n) is 2.01. The first-order chi connectivity index (χ1) is 8.20. The molecule has 0 aromatic carbocycles. The molecule has 1 aromatic rings. The fraction of sp³-hybridized carbons (Fsp3) is 0.636. The summed E-state index contributed by atoms with van der Waals surface area (Å²) in [7, 11) is 0. The topological polar surface area (TPSA) is 58.5 Å². The molecule has 0 saturated carbocycles. The molecule has 1 saturated heterocycles. The van der Waals surface area contributed by atoms with Gasteiger partial charge >= 0.3 is 0 Å². The van der Waals surface area contributed by atoms with Gasteiger partial charge in [-0.3, -0.25) is 0 Å². The molecule has 0 aliphatic carbocycles. The van der Waals surface area contributed by atoms with Crippen LogP contribution in [-0.4, -0.2) is 47.5 Å². The van der Waals surface area contributed by atoms with E-state index in [2.05, 4.69) is 14.9 Å². The van der Waals surface area contributed by atoms with Gasteiger partial charge in [0.1, 0.15) is 5.82 Å². The summed E-state index contributed by atoms with van der Waals surface area (Å²) in [6.07, 6.45) is 0.667. The van der Waals surface area contributed by atoms with Gasteiger partial charge in [-0.05, 0) is 24.9 Å². The number of nitrogens with zero attached hydrogens (tertiary/aromatic N) is 3. The standard InChI is InChI=1S/C11H16ClN3O2/c1-8-6-10(14-11(12)13-8)15-3-5-17-7-9(15)2-4-16/h6,9,16H,2-5,7H2,1H3. The van der Waals surface area contributed by atoms with Crippen molar-refractivity contribution in [1.82, 2.24) is 9.97 Å². The van der Waals surface area contributed by atoms with Crippen LogP contribution in [0, 0.1) is 6.92 Å². The van der Waals surface area contributed by atoms with Crippen LogP contribution in [-0.2, 0) is 4.74 Å². The Hall–Kier alpha value is -0.910. The molecular weight excluding hydrogens is 242 g/mol. The van der Waals surface area contributed by atoms with E-state index in [0.717, 1.165) is 18.1 Å². The molecule has 0 radical (unpaired) electrons. The third kappa shape index (κ3) is 3.06. The second-order valence-corrected chi connectivity index (χ2v) is 4.41. The summed E-state index contributed by atoms with van der Waals surface area (Å²) < 4.78 is 5.42. The third-order valence-electron chi connectivity index (χ3n) is 2.80. The predicted molar refractivity (Wildman–Crippen MR) is 65.4 cm³/mol. The number of morpholine rings is 1. The van der Waals surface area contributed by atoms with Crippen molar-refractivity contribution in [2.45, 2.75) is 19.4 Å². The zero-order valence-electron chi connectivity index (χ0n) is 9.77. The first-order valence-corrected chi connectivity index (χ1v) is 6.05. The Morgan fingerprint density at radius 1 is 1.59 bits per heavy atom. The van der Waals surface area contributed by atoms with Crippen molar-refractivity contribution in [2.75, 3.05) is 31.3 Å². The SMILES string of the molecule is Cc1cc(N2CCOCC2CCO)nc(Cl)n1. The van der Waals surface area contributed by atoms with Crippen molar-refractivity contribution in [2.24, 2.45) is 0 Å². The minimum absolute atomic E-state index is 0.141. The zero-order chi connectivity index (χ0) is 12.3. The maximum absolute atomic E-state index is 9.05. The quantitative estimate of drug-likeness (QED) is 0.820. The first-order valence-electron chi connectivity index (χ1n) is 5.67. The average Bonchev–Trinajstić information content (AvgIpc) is 2.29. The Morgan fingerprint density at radius 3 is 3.12 bits per heavy atom. The van der Waals surface area contributed by atoms with E-state index < -0.39 is 0 Å². The van der Waals surface area contributed by atoms with Crippen molar-refractivity contribution in [3.63, 3.8) is 0 Å². The number of ether oxygens (including phenoxy) is 1. The van der Waals surface area contributed by atoms with Gasteiger partial charge in [0.15, 0.2) is 0 Å². The van der Waals surface area contributed by atoms with Crippen LogP contribution in [0.15, 0.2) is 6.07 Å². The van der Waals surface area contributed by atoms with Gasteiger partial charge in [0.05, 0.1) is 19.3 Å². The van der Waals surface area contributed by atoms with Crippen LogP contribution in [0.3, 0.4) is 0 Å². The molecule has 94 valence electrons. The monoisotopic (exact) mass is 257 g/mol. The number of aliphatic hydroxyl groups is 1.